The second-order valence-corrected chi connectivity index (χ2v) is 6.89. The molecule has 3 aromatic carbocycles. The number of benzene rings is 3. The third-order valence-electron chi connectivity index (χ3n) is 4.54. The van der Waals surface area contributed by atoms with Gasteiger partial charge in [-0.1, -0.05) is 12.1 Å². The van der Waals surface area contributed by atoms with Crippen LogP contribution in [0.2, 0.25) is 0 Å². The van der Waals surface area contributed by atoms with Gasteiger partial charge >= 0.3 is 20.1 Å². The van der Waals surface area contributed by atoms with Crippen LogP contribution in [0.5, 0.6) is 0 Å². The van der Waals surface area contributed by atoms with Crippen molar-refractivity contribution in [2.24, 2.45) is 0 Å². The van der Waals surface area contributed by atoms with Gasteiger partial charge in [-0.25, -0.2) is 0 Å². The third-order valence-corrected chi connectivity index (χ3v) is 4.54. The van der Waals surface area contributed by atoms with Crippen LogP contribution in [-0.4, -0.2) is 24.5 Å². The standard InChI is InChI=1S/C11H8N.2C9H7N2.Ir/c1-2-6-10(7-3-1)11-8-4-5-9-12-11;2*1-2-5-9(6-3-1)11-8-4-7-10-11;/h1-6,8-9H;2*1-5,7-8H;/q3*-1;+3. The predicted molar refractivity (Wildman–Crippen MR) is 133 cm³/mol. The molecular formula is C29H22IrN5. The summed E-state index contributed by atoms with van der Waals surface area (Å²) in [6, 6.07) is 42.2. The van der Waals surface area contributed by atoms with Gasteiger partial charge in [0.25, 0.3) is 0 Å². The molecule has 0 radical (unpaired) electrons. The molecule has 0 aliphatic heterocycles. The monoisotopic (exact) mass is 633 g/mol. The summed E-state index contributed by atoms with van der Waals surface area (Å²) >= 11 is 0. The van der Waals surface area contributed by atoms with Crippen LogP contribution in [0.3, 0.4) is 0 Å². The van der Waals surface area contributed by atoms with Crippen molar-refractivity contribution in [2.75, 3.05) is 0 Å². The van der Waals surface area contributed by atoms with Gasteiger partial charge in [-0.05, 0) is 35.3 Å². The smallest absolute Gasteiger partial charge is 0.305 e. The molecule has 0 N–H and O–H groups in total. The van der Waals surface area contributed by atoms with Gasteiger partial charge in [0.1, 0.15) is 0 Å². The number of hydrogen-bond acceptors (Lipinski definition) is 3. The molecule has 6 rings (SSSR count). The predicted octanol–water partition coefficient (Wildman–Crippen LogP) is 5.89. The maximum absolute atomic E-state index is 4.22. The minimum atomic E-state index is 0. The summed E-state index contributed by atoms with van der Waals surface area (Å²) in [6.07, 6.45) is 9.08. The van der Waals surface area contributed by atoms with E-state index in [1.807, 2.05) is 116 Å². The van der Waals surface area contributed by atoms with Crippen LogP contribution in [-0.2, 0) is 20.1 Å². The van der Waals surface area contributed by atoms with E-state index in [-0.39, 0.29) is 20.1 Å². The topological polar surface area (TPSA) is 48.5 Å². The molecule has 0 saturated carbocycles. The molecule has 3 aromatic heterocycles. The van der Waals surface area contributed by atoms with Gasteiger partial charge in [0.05, 0.1) is 0 Å². The van der Waals surface area contributed by atoms with Crippen LogP contribution in [0.15, 0.2) is 134 Å². The zero-order valence-corrected chi connectivity index (χ0v) is 21.2. The molecule has 0 bridgehead atoms. The Labute approximate surface area is 219 Å². The minimum absolute atomic E-state index is 0. The SMILES string of the molecule is [Ir+3].[c-]1ccccc1-c1ccccn1.[c-]1ccccc1-n1cccn1.[c-]1ccccc1-n1cccn1. The van der Waals surface area contributed by atoms with E-state index in [1.54, 1.807) is 28.0 Å². The Bertz CT molecular complexity index is 1200. The van der Waals surface area contributed by atoms with Crippen molar-refractivity contribution < 1.29 is 20.1 Å². The molecule has 0 aliphatic rings. The number of pyridine rings is 1. The minimum Gasteiger partial charge on any atom is -0.305 e. The molecular weight excluding hydrogens is 611 g/mol. The molecule has 5 nitrogen and oxygen atoms in total. The van der Waals surface area contributed by atoms with E-state index in [4.69, 9.17) is 0 Å². The second kappa shape index (κ2) is 14.2. The molecule has 3 heterocycles. The van der Waals surface area contributed by atoms with Crippen LogP contribution >= 0.6 is 0 Å². The van der Waals surface area contributed by atoms with Crippen molar-refractivity contribution >= 4 is 0 Å². The summed E-state index contributed by atoms with van der Waals surface area (Å²) in [7, 11) is 0. The van der Waals surface area contributed by atoms with Gasteiger partial charge in [-0.15, -0.1) is 48.0 Å². The van der Waals surface area contributed by atoms with Crippen molar-refractivity contribution in [3.05, 3.63) is 152 Å². The van der Waals surface area contributed by atoms with E-state index in [1.165, 1.54) is 0 Å². The van der Waals surface area contributed by atoms with Gasteiger partial charge in [-0.3, -0.25) is 9.36 Å². The molecule has 172 valence electrons. The number of hydrogen-bond donors (Lipinski definition) is 0. The number of aromatic nitrogens is 5. The summed E-state index contributed by atoms with van der Waals surface area (Å²) in [5, 5.41) is 8.14. The Kier molecular flexibility index (Phi) is 10.4. The van der Waals surface area contributed by atoms with Crippen LogP contribution in [0, 0.1) is 18.2 Å². The molecule has 6 aromatic rings. The third kappa shape index (κ3) is 8.00. The van der Waals surface area contributed by atoms with Crippen LogP contribution < -0.4 is 0 Å². The quantitative estimate of drug-likeness (QED) is 0.229. The second-order valence-electron chi connectivity index (χ2n) is 6.89. The van der Waals surface area contributed by atoms with Crippen molar-refractivity contribution in [2.45, 2.75) is 0 Å². The first-order valence-electron chi connectivity index (χ1n) is 10.7. The number of rotatable bonds is 3. The average molecular weight is 633 g/mol. The summed E-state index contributed by atoms with van der Waals surface area (Å²) in [4.78, 5) is 4.22. The van der Waals surface area contributed by atoms with E-state index in [9.17, 15) is 0 Å². The molecule has 0 fully saturated rings. The number of nitrogens with zero attached hydrogens (tertiary/aromatic N) is 5. The first-order valence-corrected chi connectivity index (χ1v) is 10.7. The molecule has 0 aliphatic carbocycles. The molecule has 0 unspecified atom stereocenters. The molecule has 35 heavy (non-hydrogen) atoms. The zero-order valence-electron chi connectivity index (χ0n) is 18.8. The normalized spacial score (nSPS) is 9.49. The Morgan fingerprint density at radius 3 is 1.46 bits per heavy atom. The fraction of sp³-hybridized carbons (Fsp3) is 0. The van der Waals surface area contributed by atoms with Gasteiger partial charge in [0, 0.05) is 31.0 Å². The molecule has 0 saturated heterocycles. The Morgan fingerprint density at radius 1 is 0.514 bits per heavy atom. The van der Waals surface area contributed by atoms with E-state index >= 15 is 0 Å². The van der Waals surface area contributed by atoms with Gasteiger partial charge in [-0.2, -0.15) is 58.7 Å². The van der Waals surface area contributed by atoms with Crippen molar-refractivity contribution in [3.63, 3.8) is 0 Å². The molecule has 0 atom stereocenters. The Morgan fingerprint density at radius 2 is 1.06 bits per heavy atom. The van der Waals surface area contributed by atoms with E-state index in [2.05, 4.69) is 33.4 Å². The summed E-state index contributed by atoms with van der Waals surface area (Å²) < 4.78 is 3.56. The van der Waals surface area contributed by atoms with Crippen LogP contribution in [0.4, 0.5) is 0 Å². The Hall–Kier alpha value is -4.12. The zero-order chi connectivity index (χ0) is 23.3. The first kappa shape index (κ1) is 25.5. The van der Waals surface area contributed by atoms with Crippen LogP contribution in [0.1, 0.15) is 0 Å². The maximum Gasteiger partial charge on any atom is 3.00 e. The molecule has 6 heteroatoms. The van der Waals surface area contributed by atoms with E-state index in [0.29, 0.717) is 0 Å². The number of para-hydroxylation sites is 2. The van der Waals surface area contributed by atoms with E-state index < -0.39 is 0 Å². The average Bonchev–Trinajstić information content (AvgIpc) is 3.67. The fourth-order valence-corrected chi connectivity index (χ4v) is 2.95. The Balaban J connectivity index is 0.000000145. The first-order chi connectivity index (χ1) is 16.9. The molecule has 0 spiro atoms. The van der Waals surface area contributed by atoms with Crippen molar-refractivity contribution in [3.8, 4) is 22.6 Å². The summed E-state index contributed by atoms with van der Waals surface area (Å²) in [6.45, 7) is 0. The van der Waals surface area contributed by atoms with Gasteiger partial charge < -0.3 is 4.98 Å². The van der Waals surface area contributed by atoms with Gasteiger partial charge in [0.2, 0.25) is 0 Å². The van der Waals surface area contributed by atoms with Crippen molar-refractivity contribution in [1.29, 1.82) is 0 Å². The van der Waals surface area contributed by atoms with Crippen molar-refractivity contribution in [1.82, 2.24) is 24.5 Å². The molecule has 0 amide bonds. The van der Waals surface area contributed by atoms with Crippen LogP contribution in [0.25, 0.3) is 22.6 Å². The van der Waals surface area contributed by atoms with Gasteiger partial charge in [0.15, 0.2) is 0 Å². The summed E-state index contributed by atoms with van der Waals surface area (Å²) in [5.41, 5.74) is 3.95. The largest absolute Gasteiger partial charge is 3.00 e. The maximum atomic E-state index is 4.22. The fourth-order valence-electron chi connectivity index (χ4n) is 2.95. The van der Waals surface area contributed by atoms with E-state index in [0.717, 1.165) is 22.6 Å². The summed E-state index contributed by atoms with van der Waals surface area (Å²) in [5.74, 6) is 0.